The molecule has 0 unspecified atom stereocenters. The Bertz CT molecular complexity index is 770. The first-order valence-corrected chi connectivity index (χ1v) is 8.74. The van der Waals surface area contributed by atoms with Gasteiger partial charge in [0.1, 0.15) is 12.3 Å². The first kappa shape index (κ1) is 17.9. The van der Waals surface area contributed by atoms with Gasteiger partial charge in [-0.15, -0.1) is 5.10 Å². The lowest BCUT2D eigenvalue weighted by Gasteiger charge is -2.23. The third-order valence-electron chi connectivity index (χ3n) is 4.44. The van der Waals surface area contributed by atoms with Crippen LogP contribution in [-0.4, -0.2) is 40.5 Å². The van der Waals surface area contributed by atoms with Crippen LogP contribution in [0.2, 0.25) is 0 Å². The zero-order valence-corrected chi connectivity index (χ0v) is 14.8. The van der Waals surface area contributed by atoms with Gasteiger partial charge < -0.3 is 15.4 Å². The minimum absolute atomic E-state index is 0.0222. The largest absolute Gasteiger partial charge is 0.497 e. The van der Waals surface area contributed by atoms with E-state index in [1.165, 1.54) is 4.68 Å². The van der Waals surface area contributed by atoms with E-state index in [1.807, 2.05) is 24.3 Å². The average molecular weight is 357 g/mol. The Morgan fingerprint density at radius 3 is 2.92 bits per heavy atom. The molecule has 0 atom stereocenters. The predicted octanol–water partition coefficient (Wildman–Crippen LogP) is 1.38. The molecule has 1 fully saturated rings. The summed E-state index contributed by atoms with van der Waals surface area (Å²) in [5.74, 6) is 1.08. The zero-order valence-electron chi connectivity index (χ0n) is 14.8. The quantitative estimate of drug-likeness (QED) is 0.744. The lowest BCUT2D eigenvalue weighted by molar-refractivity contribution is -0.122. The molecule has 1 aliphatic rings. The summed E-state index contributed by atoms with van der Waals surface area (Å²) >= 11 is 0. The van der Waals surface area contributed by atoms with Crippen molar-refractivity contribution < 1.29 is 14.3 Å². The van der Waals surface area contributed by atoms with Gasteiger partial charge in [-0.3, -0.25) is 9.59 Å². The van der Waals surface area contributed by atoms with Crippen molar-refractivity contribution in [2.75, 3.05) is 19.0 Å². The number of carbonyl (C=O) groups excluding carboxylic acids is 2. The summed E-state index contributed by atoms with van der Waals surface area (Å²) in [6.45, 7) is 0.580. The molecule has 1 aromatic carbocycles. The highest BCUT2D eigenvalue weighted by Crippen LogP contribution is 2.27. The Hall–Kier alpha value is -2.90. The molecule has 8 heteroatoms. The maximum atomic E-state index is 12.0. The molecule has 3 rings (SSSR count). The maximum Gasteiger partial charge on any atom is 0.241 e. The van der Waals surface area contributed by atoms with Crippen molar-refractivity contribution in [3.63, 3.8) is 0 Å². The number of carbonyl (C=O) groups is 2. The summed E-state index contributed by atoms with van der Waals surface area (Å²) in [4.78, 5) is 23.9. The molecule has 1 saturated carbocycles. The van der Waals surface area contributed by atoms with E-state index in [9.17, 15) is 9.59 Å². The topological polar surface area (TPSA) is 98.1 Å². The lowest BCUT2D eigenvalue weighted by Crippen LogP contribution is -2.29. The second-order valence-corrected chi connectivity index (χ2v) is 6.37. The number of hydrogen-bond donors (Lipinski definition) is 2. The Balaban J connectivity index is 1.41. The van der Waals surface area contributed by atoms with Crippen molar-refractivity contribution in [3.05, 3.63) is 36.0 Å². The highest BCUT2D eigenvalue weighted by Gasteiger charge is 2.25. The molecule has 0 spiro atoms. The van der Waals surface area contributed by atoms with Crippen molar-refractivity contribution >= 4 is 17.6 Å². The Kier molecular flexibility index (Phi) is 5.83. The number of methoxy groups -OCH3 is 1. The fourth-order valence-electron chi connectivity index (χ4n) is 2.71. The molecule has 1 aromatic heterocycles. The van der Waals surface area contributed by atoms with E-state index in [-0.39, 0.29) is 24.3 Å². The average Bonchev–Trinajstić information content (AvgIpc) is 3.00. The molecular formula is C18H23N5O3. The predicted molar refractivity (Wildman–Crippen MR) is 95.7 cm³/mol. The molecule has 2 aromatic rings. The highest BCUT2D eigenvalue weighted by molar-refractivity contribution is 5.92. The number of benzene rings is 1. The number of anilines is 1. The van der Waals surface area contributed by atoms with Gasteiger partial charge in [0.15, 0.2) is 5.82 Å². The highest BCUT2D eigenvalue weighted by atomic mass is 16.5. The van der Waals surface area contributed by atoms with E-state index in [1.54, 1.807) is 13.3 Å². The summed E-state index contributed by atoms with van der Waals surface area (Å²) < 4.78 is 6.59. The number of aromatic nitrogens is 3. The van der Waals surface area contributed by atoms with Crippen LogP contribution < -0.4 is 15.4 Å². The van der Waals surface area contributed by atoms with E-state index < -0.39 is 0 Å². The summed E-state index contributed by atoms with van der Waals surface area (Å²) in [5, 5.41) is 13.3. The number of rotatable bonds is 8. The van der Waals surface area contributed by atoms with Crippen LogP contribution in [0.15, 0.2) is 30.5 Å². The molecule has 1 aliphatic carbocycles. The van der Waals surface area contributed by atoms with Gasteiger partial charge in [-0.1, -0.05) is 23.8 Å². The van der Waals surface area contributed by atoms with E-state index >= 15 is 0 Å². The van der Waals surface area contributed by atoms with Gasteiger partial charge in [0.2, 0.25) is 11.8 Å². The Morgan fingerprint density at radius 2 is 2.19 bits per heavy atom. The maximum absolute atomic E-state index is 12.0. The SMILES string of the molecule is COc1cccc(CCNC(=O)Cn2cc(NC(=O)C3CCC3)nn2)c1. The van der Waals surface area contributed by atoms with Crippen LogP contribution in [-0.2, 0) is 22.6 Å². The van der Waals surface area contributed by atoms with Crippen molar-refractivity contribution in [1.82, 2.24) is 20.3 Å². The fraction of sp³-hybridized carbons (Fsp3) is 0.444. The van der Waals surface area contributed by atoms with E-state index in [4.69, 9.17) is 4.74 Å². The van der Waals surface area contributed by atoms with Gasteiger partial charge >= 0.3 is 0 Å². The third-order valence-corrected chi connectivity index (χ3v) is 4.44. The molecule has 2 amide bonds. The van der Waals surface area contributed by atoms with Crippen LogP contribution in [0.5, 0.6) is 5.75 Å². The lowest BCUT2D eigenvalue weighted by atomic mass is 9.85. The standard InChI is InChI=1S/C18H23N5O3/c1-26-15-7-2-4-13(10-15)8-9-19-17(24)12-23-11-16(21-22-23)20-18(25)14-5-3-6-14/h2,4,7,10-11,14H,3,5-6,8-9,12H2,1H3,(H,19,24)(H,20,25). The van der Waals surface area contributed by atoms with E-state index in [0.29, 0.717) is 18.8 Å². The second kappa shape index (κ2) is 8.46. The Labute approximate surface area is 151 Å². The first-order chi connectivity index (χ1) is 12.6. The molecule has 26 heavy (non-hydrogen) atoms. The minimum atomic E-state index is -0.158. The molecule has 1 heterocycles. The van der Waals surface area contributed by atoms with Gasteiger partial charge in [0.05, 0.1) is 13.3 Å². The van der Waals surface area contributed by atoms with Gasteiger partial charge in [0, 0.05) is 12.5 Å². The molecular weight excluding hydrogens is 334 g/mol. The summed E-state index contributed by atoms with van der Waals surface area (Å²) in [7, 11) is 1.63. The summed E-state index contributed by atoms with van der Waals surface area (Å²) in [6, 6.07) is 7.74. The van der Waals surface area contributed by atoms with Crippen LogP contribution >= 0.6 is 0 Å². The molecule has 138 valence electrons. The normalized spacial score (nSPS) is 13.7. The number of nitrogens with zero attached hydrogens (tertiary/aromatic N) is 3. The smallest absolute Gasteiger partial charge is 0.241 e. The molecule has 0 saturated heterocycles. The third kappa shape index (κ3) is 4.81. The van der Waals surface area contributed by atoms with Crippen LogP contribution in [0, 0.1) is 5.92 Å². The first-order valence-electron chi connectivity index (χ1n) is 8.74. The minimum Gasteiger partial charge on any atom is -0.497 e. The van der Waals surface area contributed by atoms with Crippen molar-refractivity contribution in [2.24, 2.45) is 5.92 Å². The van der Waals surface area contributed by atoms with Gasteiger partial charge in [-0.2, -0.15) is 0 Å². The number of hydrogen-bond acceptors (Lipinski definition) is 5. The van der Waals surface area contributed by atoms with Crippen LogP contribution in [0.3, 0.4) is 0 Å². The zero-order chi connectivity index (χ0) is 18.4. The summed E-state index contributed by atoms with van der Waals surface area (Å²) in [6.07, 6.45) is 5.23. The monoisotopic (exact) mass is 357 g/mol. The molecule has 2 N–H and O–H groups in total. The number of ether oxygens (including phenoxy) is 1. The van der Waals surface area contributed by atoms with Crippen molar-refractivity contribution in [2.45, 2.75) is 32.2 Å². The molecule has 0 bridgehead atoms. The Morgan fingerprint density at radius 1 is 1.35 bits per heavy atom. The number of nitrogens with one attached hydrogen (secondary N) is 2. The van der Waals surface area contributed by atoms with E-state index in [2.05, 4.69) is 20.9 Å². The van der Waals surface area contributed by atoms with Gasteiger partial charge in [-0.25, -0.2) is 4.68 Å². The molecule has 0 aliphatic heterocycles. The van der Waals surface area contributed by atoms with Gasteiger partial charge in [0.25, 0.3) is 0 Å². The van der Waals surface area contributed by atoms with Crippen molar-refractivity contribution in [3.8, 4) is 5.75 Å². The van der Waals surface area contributed by atoms with Gasteiger partial charge in [-0.05, 0) is 37.0 Å². The summed E-state index contributed by atoms with van der Waals surface area (Å²) in [5.41, 5.74) is 1.09. The fourth-order valence-corrected chi connectivity index (χ4v) is 2.71. The van der Waals surface area contributed by atoms with Crippen LogP contribution in [0.4, 0.5) is 5.82 Å². The second-order valence-electron chi connectivity index (χ2n) is 6.37. The van der Waals surface area contributed by atoms with Crippen LogP contribution in [0.1, 0.15) is 24.8 Å². The molecule has 0 radical (unpaired) electrons. The number of amides is 2. The van der Waals surface area contributed by atoms with Crippen LogP contribution in [0.25, 0.3) is 0 Å². The van der Waals surface area contributed by atoms with E-state index in [0.717, 1.165) is 30.6 Å². The molecule has 8 nitrogen and oxygen atoms in total. The van der Waals surface area contributed by atoms with Crippen molar-refractivity contribution in [1.29, 1.82) is 0 Å².